The van der Waals surface area contributed by atoms with Crippen LogP contribution >= 0.6 is 11.8 Å². The van der Waals surface area contributed by atoms with E-state index in [4.69, 9.17) is 5.11 Å². The average Bonchev–Trinajstić information content (AvgIpc) is 2.73. The highest BCUT2D eigenvalue weighted by atomic mass is 32.2. The van der Waals surface area contributed by atoms with Gasteiger partial charge in [0.15, 0.2) is 0 Å². The predicted octanol–water partition coefficient (Wildman–Crippen LogP) is 0.218. The van der Waals surface area contributed by atoms with Crippen molar-refractivity contribution < 1.29 is 14.7 Å². The molecule has 0 aromatic carbocycles. The molecule has 0 saturated carbocycles. The minimum Gasteiger partial charge on any atom is -0.480 e. The minimum absolute atomic E-state index is 0.0710. The molecule has 0 spiro atoms. The van der Waals surface area contributed by atoms with Gasteiger partial charge in [-0.3, -0.25) is 4.79 Å². The zero-order valence-electron chi connectivity index (χ0n) is 9.60. The van der Waals surface area contributed by atoms with Gasteiger partial charge in [-0.1, -0.05) is 13.8 Å². The standard InChI is InChI=1S/C10H18N2O3S/c1-3-11-4-7(2)9(13)12-6-16-5-8(12)10(14)15/h7-8,11H,3-6H2,1-2H3,(H,14,15). The molecule has 92 valence electrons. The van der Waals surface area contributed by atoms with Gasteiger partial charge in [0, 0.05) is 18.2 Å². The van der Waals surface area contributed by atoms with Crippen LogP contribution in [0.5, 0.6) is 0 Å². The number of thioether (sulfide) groups is 1. The van der Waals surface area contributed by atoms with Crippen LogP contribution in [0.1, 0.15) is 13.8 Å². The molecule has 0 aromatic heterocycles. The summed E-state index contributed by atoms with van der Waals surface area (Å²) in [6, 6.07) is -0.651. The number of aliphatic carboxylic acids is 1. The first-order chi connectivity index (χ1) is 7.57. The Morgan fingerprint density at radius 3 is 2.88 bits per heavy atom. The lowest BCUT2D eigenvalue weighted by Gasteiger charge is -2.24. The van der Waals surface area contributed by atoms with E-state index in [1.807, 2.05) is 13.8 Å². The van der Waals surface area contributed by atoms with Gasteiger partial charge >= 0.3 is 5.97 Å². The third-order valence-corrected chi connectivity index (χ3v) is 3.58. The van der Waals surface area contributed by atoms with Gasteiger partial charge in [0.1, 0.15) is 6.04 Å². The van der Waals surface area contributed by atoms with Crippen LogP contribution in [0.15, 0.2) is 0 Å². The van der Waals surface area contributed by atoms with E-state index in [9.17, 15) is 9.59 Å². The number of hydrogen-bond donors (Lipinski definition) is 2. The van der Waals surface area contributed by atoms with Crippen molar-refractivity contribution in [3.8, 4) is 0 Å². The number of carbonyl (C=O) groups is 2. The smallest absolute Gasteiger partial charge is 0.327 e. The summed E-state index contributed by atoms with van der Waals surface area (Å²) in [5.74, 6) is -0.158. The SMILES string of the molecule is CCNCC(C)C(=O)N1CSCC1C(=O)O. The molecule has 2 N–H and O–H groups in total. The maximum atomic E-state index is 12.0. The number of nitrogens with zero attached hydrogens (tertiary/aromatic N) is 1. The first-order valence-electron chi connectivity index (χ1n) is 5.39. The Morgan fingerprint density at radius 1 is 1.62 bits per heavy atom. The zero-order chi connectivity index (χ0) is 12.1. The third-order valence-electron chi connectivity index (χ3n) is 2.57. The van der Waals surface area contributed by atoms with Crippen LogP contribution in [0.3, 0.4) is 0 Å². The van der Waals surface area contributed by atoms with Gasteiger partial charge in [0.2, 0.25) is 5.91 Å². The Morgan fingerprint density at radius 2 is 2.31 bits per heavy atom. The number of hydrogen-bond acceptors (Lipinski definition) is 4. The van der Waals surface area contributed by atoms with Crippen molar-refractivity contribution in [3.05, 3.63) is 0 Å². The van der Waals surface area contributed by atoms with Gasteiger partial charge in [0.05, 0.1) is 5.88 Å². The predicted molar refractivity (Wildman–Crippen MR) is 63.3 cm³/mol. The molecule has 1 fully saturated rings. The Kier molecular flexibility index (Phi) is 5.08. The summed E-state index contributed by atoms with van der Waals surface area (Å²) in [5, 5.41) is 12.1. The van der Waals surface area contributed by atoms with E-state index >= 15 is 0 Å². The lowest BCUT2D eigenvalue weighted by Crippen LogP contribution is -2.45. The molecule has 0 radical (unpaired) electrons. The summed E-state index contributed by atoms with van der Waals surface area (Å²) in [4.78, 5) is 24.4. The van der Waals surface area contributed by atoms with Crippen LogP contribution < -0.4 is 5.32 Å². The first-order valence-corrected chi connectivity index (χ1v) is 6.55. The van der Waals surface area contributed by atoms with Crippen molar-refractivity contribution >= 4 is 23.6 Å². The van der Waals surface area contributed by atoms with Crippen LogP contribution in [-0.4, -0.2) is 52.6 Å². The summed E-state index contributed by atoms with van der Waals surface area (Å²) in [6.45, 7) is 5.22. The van der Waals surface area contributed by atoms with Crippen LogP contribution in [0.4, 0.5) is 0 Å². The van der Waals surface area contributed by atoms with Gasteiger partial charge in [-0.15, -0.1) is 11.8 Å². The molecular formula is C10H18N2O3S. The van der Waals surface area contributed by atoms with Gasteiger partial charge in [0.25, 0.3) is 0 Å². The van der Waals surface area contributed by atoms with Crippen molar-refractivity contribution in [2.45, 2.75) is 19.9 Å². The molecule has 1 heterocycles. The summed E-state index contributed by atoms with van der Waals surface area (Å²) < 4.78 is 0. The van der Waals surface area contributed by atoms with Crippen molar-refractivity contribution in [3.63, 3.8) is 0 Å². The molecule has 2 atom stereocenters. The maximum absolute atomic E-state index is 12.0. The van der Waals surface area contributed by atoms with E-state index < -0.39 is 12.0 Å². The Hall–Kier alpha value is -0.750. The normalized spacial score (nSPS) is 22.1. The molecule has 0 aromatic rings. The summed E-state index contributed by atoms with van der Waals surface area (Å²) in [7, 11) is 0. The van der Waals surface area contributed by atoms with Gasteiger partial charge in [-0.2, -0.15) is 0 Å². The topological polar surface area (TPSA) is 69.6 Å². The largest absolute Gasteiger partial charge is 0.480 e. The molecule has 1 saturated heterocycles. The molecule has 16 heavy (non-hydrogen) atoms. The molecule has 2 unspecified atom stereocenters. The average molecular weight is 246 g/mol. The van der Waals surface area contributed by atoms with E-state index in [0.29, 0.717) is 18.2 Å². The second-order valence-electron chi connectivity index (χ2n) is 3.87. The molecule has 5 nitrogen and oxygen atoms in total. The molecule has 1 aliphatic heterocycles. The van der Waals surface area contributed by atoms with Crippen molar-refractivity contribution in [1.82, 2.24) is 10.2 Å². The highest BCUT2D eigenvalue weighted by Crippen LogP contribution is 2.22. The fraction of sp³-hybridized carbons (Fsp3) is 0.800. The van der Waals surface area contributed by atoms with E-state index in [0.717, 1.165) is 6.54 Å². The summed E-state index contributed by atoms with van der Waals surface area (Å²) >= 11 is 1.49. The molecule has 1 rings (SSSR count). The second kappa shape index (κ2) is 6.10. The monoisotopic (exact) mass is 246 g/mol. The van der Waals surface area contributed by atoms with E-state index in [-0.39, 0.29) is 11.8 Å². The van der Waals surface area contributed by atoms with Crippen LogP contribution in [-0.2, 0) is 9.59 Å². The van der Waals surface area contributed by atoms with Crippen molar-refractivity contribution in [2.75, 3.05) is 24.7 Å². The van der Waals surface area contributed by atoms with E-state index in [2.05, 4.69) is 5.32 Å². The zero-order valence-corrected chi connectivity index (χ0v) is 10.4. The number of carbonyl (C=O) groups excluding carboxylic acids is 1. The fourth-order valence-electron chi connectivity index (χ4n) is 1.60. The summed E-state index contributed by atoms with van der Waals surface area (Å²) in [5.41, 5.74) is 0. The Labute approximate surface area is 99.6 Å². The molecule has 6 heteroatoms. The van der Waals surface area contributed by atoms with Crippen LogP contribution in [0.25, 0.3) is 0 Å². The van der Waals surface area contributed by atoms with Crippen molar-refractivity contribution in [1.29, 1.82) is 0 Å². The van der Waals surface area contributed by atoms with E-state index in [1.165, 1.54) is 16.7 Å². The van der Waals surface area contributed by atoms with E-state index in [1.54, 1.807) is 0 Å². The number of amides is 1. The lowest BCUT2D eigenvalue weighted by molar-refractivity contribution is -0.149. The number of carboxylic acids is 1. The fourth-order valence-corrected chi connectivity index (χ4v) is 2.75. The maximum Gasteiger partial charge on any atom is 0.327 e. The minimum atomic E-state index is -0.908. The molecule has 1 aliphatic rings. The van der Waals surface area contributed by atoms with Gasteiger partial charge < -0.3 is 15.3 Å². The van der Waals surface area contributed by atoms with Crippen molar-refractivity contribution in [2.24, 2.45) is 5.92 Å². The number of nitrogens with one attached hydrogen (secondary N) is 1. The highest BCUT2D eigenvalue weighted by Gasteiger charge is 2.36. The van der Waals surface area contributed by atoms with Gasteiger partial charge in [-0.25, -0.2) is 4.79 Å². The Bertz CT molecular complexity index is 273. The number of carboxylic acid groups (broad SMARTS) is 1. The first kappa shape index (κ1) is 13.3. The Balaban J connectivity index is 2.55. The lowest BCUT2D eigenvalue weighted by atomic mass is 10.1. The molecule has 0 aliphatic carbocycles. The molecule has 0 bridgehead atoms. The molecule has 1 amide bonds. The highest BCUT2D eigenvalue weighted by molar-refractivity contribution is 7.99. The summed E-state index contributed by atoms with van der Waals surface area (Å²) in [6.07, 6.45) is 0. The second-order valence-corrected chi connectivity index (χ2v) is 4.87. The molecular weight excluding hydrogens is 228 g/mol. The van der Waals surface area contributed by atoms with Gasteiger partial charge in [-0.05, 0) is 6.54 Å². The third kappa shape index (κ3) is 3.12. The van der Waals surface area contributed by atoms with Crippen LogP contribution in [0.2, 0.25) is 0 Å². The number of rotatable bonds is 5. The van der Waals surface area contributed by atoms with Crippen LogP contribution in [0, 0.1) is 5.92 Å². The quantitative estimate of drug-likeness (QED) is 0.726.